The summed E-state index contributed by atoms with van der Waals surface area (Å²) in [7, 11) is 4.89. The topological polar surface area (TPSA) is 59.1 Å². The summed E-state index contributed by atoms with van der Waals surface area (Å²) in [5.41, 5.74) is 1.36. The molecule has 6 nitrogen and oxygen atoms in total. The van der Waals surface area contributed by atoms with Gasteiger partial charge in [0.1, 0.15) is 11.5 Å². The zero-order chi connectivity index (χ0) is 23.4. The minimum atomic E-state index is -0.184. The van der Waals surface area contributed by atoms with Crippen LogP contribution in [0.5, 0.6) is 11.5 Å². The first-order chi connectivity index (χ1) is 15.2. The van der Waals surface area contributed by atoms with Crippen LogP contribution < -0.4 is 9.47 Å². The molecule has 32 heavy (non-hydrogen) atoms. The zero-order valence-corrected chi connectivity index (χ0v) is 20.2. The number of hydrogen-bond donors (Lipinski definition) is 0. The highest BCUT2D eigenvalue weighted by molar-refractivity contribution is 6.35. The molecule has 172 valence electrons. The summed E-state index contributed by atoms with van der Waals surface area (Å²) in [6.07, 6.45) is 1.22. The van der Waals surface area contributed by atoms with E-state index in [2.05, 4.69) is 0 Å². The number of halogens is 2. The molecule has 0 aliphatic carbocycles. The lowest BCUT2D eigenvalue weighted by molar-refractivity contribution is -0.137. The molecule has 0 N–H and O–H groups in total. The molecule has 1 saturated heterocycles. The molecule has 0 bridgehead atoms. The van der Waals surface area contributed by atoms with Crippen molar-refractivity contribution in [1.82, 2.24) is 9.80 Å². The van der Waals surface area contributed by atoms with Crippen LogP contribution in [0.1, 0.15) is 41.7 Å². The standard InChI is InChI=1S/C24H28Cl2N2O4/c1-15(21-6-5-18(25)13-22(21)26)27(2)23(29)16-7-9-28(10-8-16)24(30)17-11-19(31-3)14-20(12-17)32-4/h5-6,11-16H,7-10H2,1-4H3. The van der Waals surface area contributed by atoms with Gasteiger partial charge in [0.25, 0.3) is 5.91 Å². The number of benzene rings is 2. The van der Waals surface area contributed by atoms with Crippen molar-refractivity contribution < 1.29 is 19.1 Å². The highest BCUT2D eigenvalue weighted by Gasteiger charge is 2.31. The molecule has 0 aromatic heterocycles. The second kappa shape index (κ2) is 10.5. The van der Waals surface area contributed by atoms with Crippen molar-refractivity contribution >= 4 is 35.0 Å². The lowest BCUT2D eigenvalue weighted by Crippen LogP contribution is -2.44. The Balaban J connectivity index is 1.63. The van der Waals surface area contributed by atoms with Crippen molar-refractivity contribution in [3.63, 3.8) is 0 Å². The molecule has 8 heteroatoms. The number of piperidine rings is 1. The average Bonchev–Trinajstić information content (AvgIpc) is 2.81. The van der Waals surface area contributed by atoms with Gasteiger partial charge in [0.2, 0.25) is 5.91 Å². The molecule has 2 aromatic rings. The first-order valence-electron chi connectivity index (χ1n) is 10.5. The molecule has 0 saturated carbocycles. The number of hydrogen-bond acceptors (Lipinski definition) is 4. The van der Waals surface area contributed by atoms with Gasteiger partial charge in [-0.25, -0.2) is 0 Å². The van der Waals surface area contributed by atoms with E-state index >= 15 is 0 Å². The van der Waals surface area contributed by atoms with Crippen molar-refractivity contribution in [1.29, 1.82) is 0 Å². The predicted molar refractivity (Wildman–Crippen MR) is 126 cm³/mol. The number of amides is 2. The molecule has 1 heterocycles. The summed E-state index contributed by atoms with van der Waals surface area (Å²) >= 11 is 12.3. The maximum Gasteiger partial charge on any atom is 0.254 e. The van der Waals surface area contributed by atoms with E-state index < -0.39 is 0 Å². The van der Waals surface area contributed by atoms with Gasteiger partial charge >= 0.3 is 0 Å². The summed E-state index contributed by atoms with van der Waals surface area (Å²) in [6, 6.07) is 10.3. The normalized spacial score (nSPS) is 15.2. The fourth-order valence-corrected chi connectivity index (χ4v) is 4.54. The second-order valence-electron chi connectivity index (χ2n) is 7.96. The minimum absolute atomic E-state index is 0.0543. The Kier molecular flexibility index (Phi) is 7.91. The van der Waals surface area contributed by atoms with Gasteiger partial charge in [-0.05, 0) is 49.6 Å². The maximum atomic E-state index is 13.1. The molecule has 2 aromatic carbocycles. The van der Waals surface area contributed by atoms with Gasteiger partial charge < -0.3 is 19.3 Å². The van der Waals surface area contributed by atoms with Gasteiger partial charge in [-0.1, -0.05) is 29.3 Å². The summed E-state index contributed by atoms with van der Waals surface area (Å²) in [5.74, 6) is 0.947. The van der Waals surface area contributed by atoms with Crippen molar-refractivity contribution in [2.24, 2.45) is 5.92 Å². The summed E-state index contributed by atoms with van der Waals surface area (Å²) < 4.78 is 10.5. The zero-order valence-electron chi connectivity index (χ0n) is 18.7. The van der Waals surface area contributed by atoms with Crippen molar-refractivity contribution in [2.45, 2.75) is 25.8 Å². The number of ether oxygens (including phenoxy) is 2. The molecule has 1 aliphatic heterocycles. The van der Waals surface area contributed by atoms with Gasteiger partial charge in [0.05, 0.1) is 20.3 Å². The largest absolute Gasteiger partial charge is 0.497 e. The van der Waals surface area contributed by atoms with Crippen LogP contribution in [0.3, 0.4) is 0 Å². The Morgan fingerprint density at radius 3 is 2.16 bits per heavy atom. The van der Waals surface area contributed by atoms with E-state index in [1.807, 2.05) is 13.0 Å². The van der Waals surface area contributed by atoms with Crippen LogP contribution in [0.4, 0.5) is 0 Å². The van der Waals surface area contributed by atoms with Crippen LogP contribution in [0.2, 0.25) is 10.0 Å². The quantitative estimate of drug-likeness (QED) is 0.580. The van der Waals surface area contributed by atoms with Gasteiger partial charge in [-0.15, -0.1) is 0 Å². The van der Waals surface area contributed by atoms with E-state index in [1.165, 1.54) is 0 Å². The summed E-state index contributed by atoms with van der Waals surface area (Å²) in [6.45, 7) is 2.97. The van der Waals surface area contributed by atoms with E-state index in [0.29, 0.717) is 53.0 Å². The first kappa shape index (κ1) is 24.2. The Hall–Kier alpha value is -2.44. The number of nitrogens with zero attached hydrogens (tertiary/aromatic N) is 2. The lowest BCUT2D eigenvalue weighted by Gasteiger charge is -2.35. The maximum absolute atomic E-state index is 13.1. The van der Waals surface area contributed by atoms with E-state index in [9.17, 15) is 9.59 Å². The Labute approximate surface area is 199 Å². The monoisotopic (exact) mass is 478 g/mol. The smallest absolute Gasteiger partial charge is 0.254 e. The van der Waals surface area contributed by atoms with Crippen LogP contribution in [0.15, 0.2) is 36.4 Å². The van der Waals surface area contributed by atoms with Crippen molar-refractivity contribution in [2.75, 3.05) is 34.4 Å². The van der Waals surface area contributed by atoms with Gasteiger partial charge in [-0.3, -0.25) is 9.59 Å². The fraction of sp³-hybridized carbons (Fsp3) is 0.417. The molecule has 3 rings (SSSR count). The van der Waals surface area contributed by atoms with E-state index in [0.717, 1.165) is 5.56 Å². The summed E-state index contributed by atoms with van der Waals surface area (Å²) in [5, 5.41) is 1.10. The fourth-order valence-electron chi connectivity index (χ4n) is 3.97. The van der Waals surface area contributed by atoms with Crippen LogP contribution in [0, 0.1) is 5.92 Å². The lowest BCUT2D eigenvalue weighted by atomic mass is 9.93. The molecule has 1 unspecified atom stereocenters. The molecular weight excluding hydrogens is 451 g/mol. The van der Waals surface area contributed by atoms with Crippen molar-refractivity contribution in [3.8, 4) is 11.5 Å². The number of carbonyl (C=O) groups excluding carboxylic acids is 2. The van der Waals surface area contributed by atoms with E-state index in [-0.39, 0.29) is 23.8 Å². The van der Waals surface area contributed by atoms with E-state index in [1.54, 1.807) is 61.4 Å². The third-order valence-corrected chi connectivity index (χ3v) is 6.63. The number of carbonyl (C=O) groups is 2. The molecule has 1 fully saturated rings. The number of methoxy groups -OCH3 is 2. The third kappa shape index (κ3) is 5.30. The molecule has 1 atom stereocenters. The average molecular weight is 479 g/mol. The van der Waals surface area contributed by atoms with Gasteiger partial charge in [-0.2, -0.15) is 0 Å². The Morgan fingerprint density at radius 1 is 1.03 bits per heavy atom. The molecule has 1 aliphatic rings. The first-order valence-corrected chi connectivity index (χ1v) is 11.2. The Bertz CT molecular complexity index is 968. The molecule has 2 amide bonds. The molecule has 0 spiro atoms. The third-order valence-electron chi connectivity index (χ3n) is 6.07. The van der Waals surface area contributed by atoms with Crippen molar-refractivity contribution in [3.05, 3.63) is 57.6 Å². The minimum Gasteiger partial charge on any atom is -0.497 e. The number of likely N-dealkylation sites (tertiary alicyclic amines) is 1. The highest BCUT2D eigenvalue weighted by atomic mass is 35.5. The van der Waals surface area contributed by atoms with Gasteiger partial charge in [0, 0.05) is 47.7 Å². The predicted octanol–water partition coefficient (Wildman–Crippen LogP) is 5.08. The molecular formula is C24H28Cl2N2O4. The second-order valence-corrected chi connectivity index (χ2v) is 8.80. The summed E-state index contributed by atoms with van der Waals surface area (Å²) in [4.78, 5) is 29.6. The van der Waals surface area contributed by atoms with Crippen LogP contribution >= 0.6 is 23.2 Å². The molecule has 0 radical (unpaired) electrons. The SMILES string of the molecule is COc1cc(OC)cc(C(=O)N2CCC(C(=O)N(C)C(C)c3ccc(Cl)cc3Cl)CC2)c1. The van der Waals surface area contributed by atoms with Crippen LogP contribution in [-0.2, 0) is 4.79 Å². The number of rotatable bonds is 6. The van der Waals surface area contributed by atoms with Gasteiger partial charge in [0.15, 0.2) is 0 Å². The highest BCUT2D eigenvalue weighted by Crippen LogP contribution is 2.31. The van der Waals surface area contributed by atoms with E-state index in [4.69, 9.17) is 32.7 Å². The van der Waals surface area contributed by atoms with Crippen LogP contribution in [-0.4, -0.2) is 56.0 Å². The van der Waals surface area contributed by atoms with Crippen LogP contribution in [0.25, 0.3) is 0 Å². The Morgan fingerprint density at radius 2 is 1.62 bits per heavy atom.